The van der Waals surface area contributed by atoms with Crippen molar-refractivity contribution in [2.75, 3.05) is 13.1 Å². The maximum Gasteiger partial charge on any atom is 0.241 e. The van der Waals surface area contributed by atoms with Gasteiger partial charge in [0.2, 0.25) is 10.0 Å². The third-order valence-corrected chi connectivity index (χ3v) is 4.19. The zero-order valence-electron chi connectivity index (χ0n) is 9.26. The van der Waals surface area contributed by atoms with E-state index >= 15 is 0 Å². The fourth-order valence-electron chi connectivity index (χ4n) is 1.72. The first kappa shape index (κ1) is 12.5. The summed E-state index contributed by atoms with van der Waals surface area (Å²) in [4.78, 5) is 0.254. The zero-order chi connectivity index (χ0) is 12.3. The van der Waals surface area contributed by atoms with Crippen molar-refractivity contribution in [3.8, 4) is 0 Å². The van der Waals surface area contributed by atoms with Gasteiger partial charge in [-0.05, 0) is 18.7 Å². The Labute approximate surface area is 101 Å². The molecule has 94 valence electrons. The fourth-order valence-corrected chi connectivity index (χ4v) is 2.95. The Morgan fingerprint density at radius 3 is 2.71 bits per heavy atom. The molecule has 2 atom stereocenters. The molecule has 2 rings (SSSR count). The van der Waals surface area contributed by atoms with Crippen LogP contribution in [0.15, 0.2) is 35.2 Å². The molecular weight excluding hydrogens is 240 g/mol. The van der Waals surface area contributed by atoms with Crippen LogP contribution in [-0.2, 0) is 10.0 Å². The average molecular weight is 256 g/mol. The summed E-state index contributed by atoms with van der Waals surface area (Å²) in [5, 5.41) is 0. The highest BCUT2D eigenvalue weighted by Gasteiger charge is 2.29. The first-order valence-corrected chi connectivity index (χ1v) is 6.87. The van der Waals surface area contributed by atoms with Crippen LogP contribution in [-0.4, -0.2) is 27.7 Å². The SMILES string of the molecule is NCC1CNNC1NS(=O)(=O)c1ccccc1. The van der Waals surface area contributed by atoms with Crippen LogP contribution in [0.4, 0.5) is 0 Å². The lowest BCUT2D eigenvalue weighted by Gasteiger charge is -2.18. The van der Waals surface area contributed by atoms with Gasteiger partial charge >= 0.3 is 0 Å². The predicted octanol–water partition coefficient (Wildman–Crippen LogP) is -1.03. The van der Waals surface area contributed by atoms with E-state index in [2.05, 4.69) is 15.6 Å². The molecule has 5 N–H and O–H groups in total. The van der Waals surface area contributed by atoms with E-state index < -0.39 is 10.0 Å². The summed E-state index contributed by atoms with van der Waals surface area (Å²) in [5.74, 6) is 0.0495. The van der Waals surface area contributed by atoms with Crippen LogP contribution in [0.2, 0.25) is 0 Å². The molecule has 1 aliphatic rings. The van der Waals surface area contributed by atoms with Gasteiger partial charge in [-0.1, -0.05) is 18.2 Å². The zero-order valence-corrected chi connectivity index (χ0v) is 10.1. The van der Waals surface area contributed by atoms with Crippen molar-refractivity contribution < 1.29 is 8.42 Å². The minimum atomic E-state index is -3.49. The molecule has 0 aliphatic carbocycles. The summed E-state index contributed by atoms with van der Waals surface area (Å²) < 4.78 is 26.7. The van der Waals surface area contributed by atoms with Gasteiger partial charge in [-0.3, -0.25) is 5.43 Å². The summed E-state index contributed by atoms with van der Waals surface area (Å²) in [6.07, 6.45) is -0.370. The topological polar surface area (TPSA) is 96.2 Å². The molecule has 1 aromatic rings. The Kier molecular flexibility index (Phi) is 3.75. The molecule has 0 amide bonds. The highest BCUT2D eigenvalue weighted by atomic mass is 32.2. The van der Waals surface area contributed by atoms with Gasteiger partial charge in [-0.15, -0.1) is 0 Å². The molecule has 1 aromatic carbocycles. The lowest BCUT2D eigenvalue weighted by atomic mass is 10.1. The lowest BCUT2D eigenvalue weighted by Crippen LogP contribution is -2.48. The number of sulfonamides is 1. The average Bonchev–Trinajstić information content (AvgIpc) is 2.77. The van der Waals surface area contributed by atoms with Crippen LogP contribution in [0, 0.1) is 5.92 Å². The number of benzene rings is 1. The quantitative estimate of drug-likeness (QED) is 0.552. The third-order valence-electron chi connectivity index (χ3n) is 2.73. The van der Waals surface area contributed by atoms with Crippen LogP contribution in [0.3, 0.4) is 0 Å². The maximum atomic E-state index is 12.0. The van der Waals surface area contributed by atoms with E-state index in [1.54, 1.807) is 30.3 Å². The second kappa shape index (κ2) is 5.11. The Bertz CT molecular complexity index is 462. The predicted molar refractivity (Wildman–Crippen MR) is 64.2 cm³/mol. The molecule has 7 heteroatoms. The number of hydrogen-bond donors (Lipinski definition) is 4. The van der Waals surface area contributed by atoms with E-state index in [-0.39, 0.29) is 17.0 Å². The van der Waals surface area contributed by atoms with Gasteiger partial charge in [-0.25, -0.2) is 13.8 Å². The Morgan fingerprint density at radius 1 is 1.35 bits per heavy atom. The van der Waals surface area contributed by atoms with Crippen LogP contribution in [0.5, 0.6) is 0 Å². The molecule has 1 heterocycles. The normalized spacial score (nSPS) is 25.0. The van der Waals surface area contributed by atoms with Crippen molar-refractivity contribution in [1.82, 2.24) is 15.6 Å². The van der Waals surface area contributed by atoms with Crippen molar-refractivity contribution in [3.05, 3.63) is 30.3 Å². The van der Waals surface area contributed by atoms with Crippen molar-refractivity contribution in [1.29, 1.82) is 0 Å². The van der Waals surface area contributed by atoms with Gasteiger partial charge in [0.25, 0.3) is 0 Å². The molecule has 0 spiro atoms. The number of hydrogen-bond acceptors (Lipinski definition) is 5. The first-order chi connectivity index (χ1) is 8.13. The molecule has 0 aromatic heterocycles. The minimum Gasteiger partial charge on any atom is -0.330 e. The standard InChI is InChI=1S/C10H16N4O2S/c11-6-8-7-12-13-10(8)14-17(15,16)9-4-2-1-3-5-9/h1-5,8,10,12-14H,6-7,11H2. The Morgan fingerprint density at radius 2 is 2.06 bits per heavy atom. The first-order valence-electron chi connectivity index (χ1n) is 5.39. The van der Waals surface area contributed by atoms with Gasteiger partial charge in [0.1, 0.15) is 0 Å². The molecule has 1 aliphatic heterocycles. The van der Waals surface area contributed by atoms with E-state index in [0.29, 0.717) is 13.1 Å². The molecular formula is C10H16N4O2S. The van der Waals surface area contributed by atoms with Crippen LogP contribution >= 0.6 is 0 Å². The van der Waals surface area contributed by atoms with Gasteiger partial charge in [0.15, 0.2) is 0 Å². The minimum absolute atomic E-state index is 0.0495. The fraction of sp³-hybridized carbons (Fsp3) is 0.400. The molecule has 0 saturated carbocycles. The monoisotopic (exact) mass is 256 g/mol. The number of nitrogens with one attached hydrogen (secondary N) is 3. The highest BCUT2D eigenvalue weighted by Crippen LogP contribution is 2.11. The summed E-state index contributed by atoms with van der Waals surface area (Å²) in [6.45, 7) is 1.07. The van der Waals surface area contributed by atoms with E-state index in [1.165, 1.54) is 0 Å². The van der Waals surface area contributed by atoms with Crippen molar-refractivity contribution in [2.24, 2.45) is 11.7 Å². The third kappa shape index (κ3) is 2.82. The Hall–Kier alpha value is -0.990. The molecule has 1 saturated heterocycles. The van der Waals surface area contributed by atoms with Crippen LogP contribution in [0.1, 0.15) is 0 Å². The molecule has 0 radical (unpaired) electrons. The summed E-state index contributed by atoms with van der Waals surface area (Å²) in [5.41, 5.74) is 11.3. The van der Waals surface area contributed by atoms with Gasteiger partial charge in [0, 0.05) is 12.5 Å². The Balaban J connectivity index is 2.13. The van der Waals surface area contributed by atoms with Crippen LogP contribution < -0.4 is 21.3 Å². The molecule has 0 bridgehead atoms. The van der Waals surface area contributed by atoms with E-state index in [1.807, 2.05) is 0 Å². The molecule has 6 nitrogen and oxygen atoms in total. The molecule has 17 heavy (non-hydrogen) atoms. The van der Waals surface area contributed by atoms with Crippen LogP contribution in [0.25, 0.3) is 0 Å². The number of nitrogens with two attached hydrogens (primary N) is 1. The van der Waals surface area contributed by atoms with Crippen molar-refractivity contribution in [2.45, 2.75) is 11.1 Å². The summed E-state index contributed by atoms with van der Waals surface area (Å²) in [6, 6.07) is 8.27. The second-order valence-electron chi connectivity index (χ2n) is 3.93. The van der Waals surface area contributed by atoms with Gasteiger partial charge in [0.05, 0.1) is 11.1 Å². The summed E-state index contributed by atoms with van der Waals surface area (Å²) in [7, 11) is -3.49. The largest absolute Gasteiger partial charge is 0.330 e. The molecule has 1 fully saturated rings. The van der Waals surface area contributed by atoms with E-state index in [9.17, 15) is 8.42 Å². The lowest BCUT2D eigenvalue weighted by molar-refractivity contribution is 0.434. The van der Waals surface area contributed by atoms with Crippen molar-refractivity contribution in [3.63, 3.8) is 0 Å². The smallest absolute Gasteiger partial charge is 0.241 e. The van der Waals surface area contributed by atoms with Gasteiger partial charge < -0.3 is 5.73 Å². The summed E-state index contributed by atoms with van der Waals surface area (Å²) >= 11 is 0. The maximum absolute atomic E-state index is 12.0. The van der Waals surface area contributed by atoms with Gasteiger partial charge in [-0.2, -0.15) is 4.72 Å². The van der Waals surface area contributed by atoms with Crippen molar-refractivity contribution >= 4 is 10.0 Å². The number of rotatable bonds is 4. The highest BCUT2D eigenvalue weighted by molar-refractivity contribution is 7.89. The van der Waals surface area contributed by atoms with E-state index in [0.717, 1.165) is 0 Å². The second-order valence-corrected chi connectivity index (χ2v) is 5.65. The number of hydrazine groups is 1. The molecule has 2 unspecified atom stereocenters. The van der Waals surface area contributed by atoms with E-state index in [4.69, 9.17) is 5.73 Å².